The largest absolute Gasteiger partial charge is 0.347 e. The van der Waals surface area contributed by atoms with Gasteiger partial charge in [-0.1, -0.05) is 30.3 Å². The van der Waals surface area contributed by atoms with Gasteiger partial charge in [-0.05, 0) is 0 Å². The Labute approximate surface area is 90.4 Å². The number of hydrogen-bond donors (Lipinski definition) is 1. The van der Waals surface area contributed by atoms with Crippen molar-refractivity contribution in [3.63, 3.8) is 0 Å². The molecule has 3 aromatic rings. The highest BCUT2D eigenvalue weighted by atomic mass is 16.1. The Balaban J connectivity index is 2.37. The maximum absolute atomic E-state index is 11.4. The lowest BCUT2D eigenvalue weighted by atomic mass is 10.2. The van der Waals surface area contributed by atoms with E-state index in [1.165, 1.54) is 4.40 Å². The first-order valence-corrected chi connectivity index (χ1v) is 4.83. The Morgan fingerprint density at radius 3 is 2.81 bits per heavy atom. The average molecular weight is 212 g/mol. The Bertz CT molecular complexity index is 684. The molecule has 0 saturated carbocycles. The highest BCUT2D eigenvalue weighted by molar-refractivity contribution is 5.72. The van der Waals surface area contributed by atoms with Crippen LogP contribution in [0.15, 0.2) is 47.5 Å². The number of nitrogens with zero attached hydrogens (tertiary/aromatic N) is 3. The summed E-state index contributed by atoms with van der Waals surface area (Å²) in [6.45, 7) is 0. The normalized spacial score (nSPS) is 10.8. The van der Waals surface area contributed by atoms with Crippen molar-refractivity contribution in [3.05, 3.63) is 53.2 Å². The van der Waals surface area contributed by atoms with Crippen LogP contribution in [0.25, 0.3) is 16.9 Å². The van der Waals surface area contributed by atoms with Crippen molar-refractivity contribution >= 4 is 5.65 Å². The Hall–Kier alpha value is -2.43. The van der Waals surface area contributed by atoms with Crippen LogP contribution in [-0.2, 0) is 0 Å². The summed E-state index contributed by atoms with van der Waals surface area (Å²) in [6, 6.07) is 9.62. The highest BCUT2D eigenvalue weighted by Crippen LogP contribution is 2.18. The molecule has 0 spiro atoms. The van der Waals surface area contributed by atoms with E-state index in [1.807, 2.05) is 30.3 Å². The molecule has 2 heterocycles. The third-order valence-corrected chi connectivity index (χ3v) is 2.38. The van der Waals surface area contributed by atoms with E-state index in [-0.39, 0.29) is 5.69 Å². The third kappa shape index (κ3) is 1.22. The average Bonchev–Trinajstić information content (AvgIpc) is 2.81. The number of hydrogen-bond acceptors (Lipinski definition) is 3. The molecule has 0 saturated heterocycles. The number of nitrogens with one attached hydrogen (secondary N) is 1. The maximum Gasteiger partial charge on any atom is 0.347 e. The van der Waals surface area contributed by atoms with Crippen LogP contribution in [0.2, 0.25) is 0 Å². The molecular weight excluding hydrogens is 204 g/mol. The number of fused-ring (bicyclic) bond motifs is 1. The molecule has 0 unspecified atom stereocenters. The van der Waals surface area contributed by atoms with Gasteiger partial charge in [0.25, 0.3) is 0 Å². The maximum atomic E-state index is 11.4. The zero-order valence-electron chi connectivity index (χ0n) is 8.29. The van der Waals surface area contributed by atoms with Gasteiger partial charge in [-0.15, -0.1) is 0 Å². The van der Waals surface area contributed by atoms with Crippen LogP contribution in [0.1, 0.15) is 0 Å². The van der Waals surface area contributed by atoms with E-state index < -0.39 is 0 Å². The van der Waals surface area contributed by atoms with E-state index in [0.717, 1.165) is 5.56 Å². The second-order valence-corrected chi connectivity index (χ2v) is 3.36. The van der Waals surface area contributed by atoms with Crippen LogP contribution in [-0.4, -0.2) is 19.6 Å². The van der Waals surface area contributed by atoms with Gasteiger partial charge in [0.1, 0.15) is 5.69 Å². The number of benzene rings is 1. The summed E-state index contributed by atoms with van der Waals surface area (Å²) in [5.41, 5.74) is 1.88. The summed E-state index contributed by atoms with van der Waals surface area (Å²) < 4.78 is 1.44. The summed E-state index contributed by atoms with van der Waals surface area (Å²) in [7, 11) is 0. The van der Waals surface area contributed by atoms with Crippen molar-refractivity contribution in [2.45, 2.75) is 0 Å². The van der Waals surface area contributed by atoms with Gasteiger partial charge in [0.2, 0.25) is 0 Å². The minimum absolute atomic E-state index is 0.285. The van der Waals surface area contributed by atoms with Gasteiger partial charge in [-0.3, -0.25) is 0 Å². The molecule has 3 rings (SSSR count). The van der Waals surface area contributed by atoms with Crippen molar-refractivity contribution in [2.75, 3.05) is 0 Å². The Kier molecular flexibility index (Phi) is 1.83. The summed E-state index contributed by atoms with van der Waals surface area (Å²) in [6.07, 6.45) is 3.20. The lowest BCUT2D eigenvalue weighted by Gasteiger charge is -2.00. The Morgan fingerprint density at radius 1 is 1.19 bits per heavy atom. The molecule has 0 atom stereocenters. The van der Waals surface area contributed by atoms with Crippen LogP contribution in [0, 0.1) is 0 Å². The number of aromatic nitrogens is 4. The van der Waals surface area contributed by atoms with Crippen molar-refractivity contribution in [2.24, 2.45) is 0 Å². The molecule has 0 fully saturated rings. The summed E-state index contributed by atoms with van der Waals surface area (Å²) in [5, 5.41) is 6.47. The summed E-state index contributed by atoms with van der Waals surface area (Å²) in [4.78, 5) is 15.6. The van der Waals surface area contributed by atoms with Crippen molar-refractivity contribution < 1.29 is 0 Å². The molecule has 0 bridgehead atoms. The smallest absolute Gasteiger partial charge is 0.248 e. The molecule has 16 heavy (non-hydrogen) atoms. The lowest BCUT2D eigenvalue weighted by molar-refractivity contribution is 0.891. The molecule has 78 valence electrons. The van der Waals surface area contributed by atoms with E-state index in [1.54, 1.807) is 12.4 Å². The molecule has 5 nitrogen and oxygen atoms in total. The van der Waals surface area contributed by atoms with Crippen molar-refractivity contribution in [3.8, 4) is 11.3 Å². The summed E-state index contributed by atoms with van der Waals surface area (Å²) in [5.74, 6) is 0. The second kappa shape index (κ2) is 3.30. The van der Waals surface area contributed by atoms with Gasteiger partial charge >= 0.3 is 5.69 Å². The van der Waals surface area contributed by atoms with Gasteiger partial charge in [0.05, 0.1) is 0 Å². The quantitative estimate of drug-likeness (QED) is 0.656. The van der Waals surface area contributed by atoms with Gasteiger partial charge in [0.15, 0.2) is 5.65 Å². The van der Waals surface area contributed by atoms with E-state index in [9.17, 15) is 4.79 Å². The molecular formula is C11H8N4O. The summed E-state index contributed by atoms with van der Waals surface area (Å²) >= 11 is 0. The third-order valence-electron chi connectivity index (χ3n) is 2.38. The van der Waals surface area contributed by atoms with Crippen LogP contribution >= 0.6 is 0 Å². The van der Waals surface area contributed by atoms with Gasteiger partial charge in [-0.25, -0.2) is 19.3 Å². The fourth-order valence-corrected chi connectivity index (χ4v) is 1.64. The minimum Gasteiger partial charge on any atom is -0.248 e. The fraction of sp³-hybridized carbons (Fsp3) is 0. The predicted molar refractivity (Wildman–Crippen MR) is 59.0 cm³/mol. The highest BCUT2D eigenvalue weighted by Gasteiger charge is 2.08. The molecule has 0 aliphatic carbocycles. The minimum atomic E-state index is -0.285. The predicted octanol–water partition coefficient (Wildman–Crippen LogP) is 1.08. The van der Waals surface area contributed by atoms with Crippen LogP contribution < -0.4 is 5.69 Å². The topological polar surface area (TPSA) is 63.0 Å². The zero-order valence-corrected chi connectivity index (χ0v) is 8.29. The lowest BCUT2D eigenvalue weighted by Crippen LogP contribution is -2.17. The SMILES string of the molecule is O=c1[nH]nc(-c2ccccc2)c2nccn12. The first-order valence-electron chi connectivity index (χ1n) is 4.83. The van der Waals surface area contributed by atoms with E-state index >= 15 is 0 Å². The van der Waals surface area contributed by atoms with Crippen LogP contribution in [0.4, 0.5) is 0 Å². The van der Waals surface area contributed by atoms with E-state index in [4.69, 9.17) is 0 Å². The fourth-order valence-electron chi connectivity index (χ4n) is 1.64. The number of aromatic amines is 1. The molecule has 1 aromatic carbocycles. The first-order chi connectivity index (χ1) is 7.86. The molecule has 0 aliphatic heterocycles. The molecule has 0 radical (unpaired) electrons. The Morgan fingerprint density at radius 2 is 2.00 bits per heavy atom. The molecule has 1 N–H and O–H groups in total. The first kappa shape index (κ1) is 8.84. The van der Waals surface area contributed by atoms with Gasteiger partial charge < -0.3 is 0 Å². The van der Waals surface area contributed by atoms with Crippen molar-refractivity contribution in [1.82, 2.24) is 19.6 Å². The zero-order chi connectivity index (χ0) is 11.0. The van der Waals surface area contributed by atoms with E-state index in [0.29, 0.717) is 11.3 Å². The second-order valence-electron chi connectivity index (χ2n) is 3.36. The molecule has 5 heteroatoms. The molecule has 0 aliphatic rings. The monoisotopic (exact) mass is 212 g/mol. The van der Waals surface area contributed by atoms with Crippen molar-refractivity contribution in [1.29, 1.82) is 0 Å². The molecule has 2 aromatic heterocycles. The van der Waals surface area contributed by atoms with E-state index in [2.05, 4.69) is 15.2 Å². The number of H-pyrrole nitrogens is 1. The number of rotatable bonds is 1. The van der Waals surface area contributed by atoms with Crippen LogP contribution in [0.5, 0.6) is 0 Å². The van der Waals surface area contributed by atoms with Gasteiger partial charge in [0, 0.05) is 18.0 Å². The van der Waals surface area contributed by atoms with Gasteiger partial charge in [-0.2, -0.15) is 5.10 Å². The standard InChI is InChI=1S/C11H8N4O/c16-11-14-13-9(8-4-2-1-3-5-8)10-12-6-7-15(10)11/h1-7H,(H,14,16). The molecule has 0 amide bonds. The van der Waals surface area contributed by atoms with Crippen LogP contribution in [0.3, 0.4) is 0 Å². The number of imidazole rings is 1.